The van der Waals surface area contributed by atoms with Crippen molar-refractivity contribution < 1.29 is 33.8 Å². The maximum absolute atomic E-state index is 13.1. The Kier molecular flexibility index (Phi) is 12.0. The number of carboxylic acids is 1. The summed E-state index contributed by atoms with van der Waals surface area (Å²) in [5.41, 5.74) is 1.24. The van der Waals surface area contributed by atoms with Crippen LogP contribution in [0, 0.1) is 46.3 Å². The second-order valence-corrected chi connectivity index (χ2v) is 17.4. The summed E-state index contributed by atoms with van der Waals surface area (Å²) >= 11 is 0. The molecule has 8 heteroatoms. The first-order valence-electron chi connectivity index (χ1n) is 18.5. The molecule has 4 aliphatic rings. The van der Waals surface area contributed by atoms with Crippen LogP contribution in [-0.4, -0.2) is 58.6 Å². The predicted octanol–water partition coefficient (Wildman–Crippen LogP) is 7.97. The molecule has 47 heavy (non-hydrogen) atoms. The Hall–Kier alpha value is -2.38. The number of carboxylic acid groups (broad SMARTS) is 1. The van der Waals surface area contributed by atoms with Crippen LogP contribution in [0.15, 0.2) is 11.6 Å². The SMILES string of the molecule is CC(C)CCC[C@@H](C)[C@H]1CC[C@H]2[C@@H]3CC=C4C[C@@H](OC(=O)CN(CC(=O)OC(C)(C)C)C(=O)CCC(=O)O)CC[C@]4(C)C3CC[C@]12C. The Labute approximate surface area is 283 Å². The largest absolute Gasteiger partial charge is 0.481 e. The number of carbonyl (C=O) groups excluding carboxylic acids is 3. The van der Waals surface area contributed by atoms with Gasteiger partial charge in [0, 0.05) is 12.8 Å². The Morgan fingerprint density at radius 1 is 0.936 bits per heavy atom. The molecule has 0 aliphatic heterocycles. The van der Waals surface area contributed by atoms with Crippen LogP contribution in [0.1, 0.15) is 139 Å². The van der Waals surface area contributed by atoms with Gasteiger partial charge in [-0.15, -0.1) is 0 Å². The van der Waals surface area contributed by atoms with Gasteiger partial charge in [-0.25, -0.2) is 0 Å². The molecule has 8 nitrogen and oxygen atoms in total. The highest BCUT2D eigenvalue weighted by atomic mass is 16.6. The van der Waals surface area contributed by atoms with Gasteiger partial charge in [-0.05, 0) is 112 Å². The molecule has 1 unspecified atom stereocenters. The number of amides is 1. The Balaban J connectivity index is 1.37. The maximum Gasteiger partial charge on any atom is 0.326 e. The van der Waals surface area contributed by atoms with Crippen molar-refractivity contribution in [2.24, 2.45) is 46.3 Å². The molecule has 1 amide bonds. The summed E-state index contributed by atoms with van der Waals surface area (Å²) < 4.78 is 11.3. The van der Waals surface area contributed by atoms with Gasteiger partial charge >= 0.3 is 17.9 Å². The third-order valence-corrected chi connectivity index (χ3v) is 12.5. The molecule has 0 spiro atoms. The van der Waals surface area contributed by atoms with Crippen LogP contribution >= 0.6 is 0 Å². The zero-order valence-corrected chi connectivity index (χ0v) is 30.6. The van der Waals surface area contributed by atoms with Crippen molar-refractivity contribution in [1.29, 1.82) is 0 Å². The van der Waals surface area contributed by atoms with Crippen LogP contribution in [0.25, 0.3) is 0 Å². The Morgan fingerprint density at radius 3 is 2.30 bits per heavy atom. The summed E-state index contributed by atoms with van der Waals surface area (Å²) in [5.74, 6) is 1.67. The monoisotopic (exact) mass is 657 g/mol. The summed E-state index contributed by atoms with van der Waals surface area (Å²) in [4.78, 5) is 50.6. The van der Waals surface area contributed by atoms with E-state index in [0.717, 1.165) is 53.8 Å². The minimum absolute atomic E-state index is 0.129. The van der Waals surface area contributed by atoms with Gasteiger partial charge in [0.1, 0.15) is 24.8 Å². The van der Waals surface area contributed by atoms with E-state index in [1.165, 1.54) is 50.5 Å². The highest BCUT2D eigenvalue weighted by Crippen LogP contribution is 2.67. The van der Waals surface area contributed by atoms with Crippen LogP contribution in [-0.2, 0) is 28.7 Å². The number of hydrogen-bond donors (Lipinski definition) is 1. The summed E-state index contributed by atoms with van der Waals surface area (Å²) in [6.45, 7) is 16.6. The summed E-state index contributed by atoms with van der Waals surface area (Å²) in [7, 11) is 0. The molecular weight excluding hydrogens is 594 g/mol. The number of ether oxygens (including phenoxy) is 2. The van der Waals surface area contributed by atoms with Crippen molar-refractivity contribution in [2.75, 3.05) is 13.1 Å². The van der Waals surface area contributed by atoms with Gasteiger partial charge in [0.2, 0.25) is 5.91 Å². The van der Waals surface area contributed by atoms with E-state index in [1.54, 1.807) is 20.8 Å². The molecule has 0 radical (unpaired) electrons. The number of hydrogen-bond acceptors (Lipinski definition) is 6. The molecule has 0 saturated heterocycles. The molecule has 8 atom stereocenters. The lowest BCUT2D eigenvalue weighted by Gasteiger charge is -2.58. The minimum Gasteiger partial charge on any atom is -0.481 e. The van der Waals surface area contributed by atoms with Crippen LogP contribution in [0.3, 0.4) is 0 Å². The Bertz CT molecular complexity index is 1190. The molecule has 3 saturated carbocycles. The summed E-state index contributed by atoms with van der Waals surface area (Å²) in [6, 6.07) is 0. The first-order valence-corrected chi connectivity index (χ1v) is 18.5. The standard InChI is InChI=1S/C39H63NO7/c1-25(2)10-9-11-26(3)30-14-15-31-29-13-12-27-22-28(18-20-38(27,7)32(29)19-21-39(30,31)8)46-35(44)23-40(33(41)16-17-34(42)43)24-36(45)47-37(4,5)6/h12,25-26,28-32H,9-11,13-24H2,1-8H3,(H,42,43)/t26-,28+,29+,30-,31+,32?,38+,39-/m1/s1. The van der Waals surface area contributed by atoms with E-state index in [-0.39, 0.29) is 24.4 Å². The van der Waals surface area contributed by atoms with E-state index in [1.807, 2.05) is 0 Å². The number of esters is 2. The second-order valence-electron chi connectivity index (χ2n) is 17.4. The molecule has 0 aromatic rings. The molecule has 0 aromatic heterocycles. The molecule has 0 aromatic carbocycles. The van der Waals surface area contributed by atoms with Gasteiger partial charge in [-0.3, -0.25) is 19.2 Å². The number of fused-ring (bicyclic) bond motifs is 5. The summed E-state index contributed by atoms with van der Waals surface area (Å²) in [6.07, 6.45) is 14.5. The number of nitrogens with zero attached hydrogens (tertiary/aromatic N) is 1. The average Bonchev–Trinajstić information content (AvgIpc) is 3.31. The van der Waals surface area contributed by atoms with Crippen LogP contribution < -0.4 is 0 Å². The number of carbonyl (C=O) groups is 4. The van der Waals surface area contributed by atoms with Gasteiger partial charge < -0.3 is 19.5 Å². The molecule has 266 valence electrons. The fraction of sp³-hybridized carbons (Fsp3) is 0.846. The highest BCUT2D eigenvalue weighted by Gasteiger charge is 2.59. The lowest BCUT2D eigenvalue weighted by atomic mass is 9.47. The normalized spacial score (nSPS) is 32.4. The van der Waals surface area contributed by atoms with Crippen molar-refractivity contribution in [3.8, 4) is 0 Å². The maximum atomic E-state index is 13.1. The van der Waals surface area contributed by atoms with Crippen molar-refractivity contribution in [1.82, 2.24) is 4.90 Å². The number of rotatable bonds is 13. The lowest BCUT2D eigenvalue weighted by Crippen LogP contribution is -2.51. The van der Waals surface area contributed by atoms with Gasteiger partial charge in [0.15, 0.2) is 0 Å². The van der Waals surface area contributed by atoms with Crippen molar-refractivity contribution in [2.45, 2.75) is 151 Å². The average molecular weight is 658 g/mol. The molecular formula is C39H63NO7. The molecule has 4 rings (SSSR count). The fourth-order valence-electron chi connectivity index (χ4n) is 10.3. The van der Waals surface area contributed by atoms with E-state index >= 15 is 0 Å². The van der Waals surface area contributed by atoms with E-state index in [4.69, 9.17) is 14.6 Å². The fourth-order valence-corrected chi connectivity index (χ4v) is 10.3. The third kappa shape index (κ3) is 9.00. The predicted molar refractivity (Wildman–Crippen MR) is 182 cm³/mol. The summed E-state index contributed by atoms with van der Waals surface area (Å²) in [5, 5.41) is 9.04. The zero-order valence-electron chi connectivity index (χ0n) is 30.6. The second kappa shape index (κ2) is 15.0. The number of aliphatic carboxylic acids is 1. The van der Waals surface area contributed by atoms with E-state index in [2.05, 4.69) is 40.7 Å². The molecule has 0 bridgehead atoms. The highest BCUT2D eigenvalue weighted by molar-refractivity contribution is 5.87. The van der Waals surface area contributed by atoms with E-state index in [9.17, 15) is 19.2 Å². The van der Waals surface area contributed by atoms with Gasteiger partial charge in [0.05, 0.1) is 6.42 Å². The van der Waals surface area contributed by atoms with Crippen molar-refractivity contribution in [3.63, 3.8) is 0 Å². The van der Waals surface area contributed by atoms with Gasteiger partial charge in [-0.2, -0.15) is 0 Å². The molecule has 1 N–H and O–H groups in total. The minimum atomic E-state index is -1.12. The third-order valence-electron chi connectivity index (χ3n) is 12.5. The first kappa shape index (κ1) is 37.4. The lowest BCUT2D eigenvalue weighted by molar-refractivity contribution is -0.162. The van der Waals surface area contributed by atoms with Crippen molar-refractivity contribution >= 4 is 23.8 Å². The van der Waals surface area contributed by atoms with Crippen molar-refractivity contribution in [3.05, 3.63) is 11.6 Å². The topological polar surface area (TPSA) is 110 Å². The van der Waals surface area contributed by atoms with E-state index < -0.39 is 42.5 Å². The molecule has 0 heterocycles. The Morgan fingerprint density at radius 2 is 1.64 bits per heavy atom. The number of allylic oxidation sites excluding steroid dienone is 1. The smallest absolute Gasteiger partial charge is 0.326 e. The van der Waals surface area contributed by atoms with Crippen LogP contribution in [0.2, 0.25) is 0 Å². The molecule has 4 aliphatic carbocycles. The van der Waals surface area contributed by atoms with E-state index in [0.29, 0.717) is 17.8 Å². The van der Waals surface area contributed by atoms with Gasteiger partial charge in [0.25, 0.3) is 0 Å². The quantitative estimate of drug-likeness (QED) is 0.158. The zero-order chi connectivity index (χ0) is 34.7. The first-order chi connectivity index (χ1) is 21.9. The van der Waals surface area contributed by atoms with Gasteiger partial charge in [-0.1, -0.05) is 65.5 Å². The van der Waals surface area contributed by atoms with Crippen LogP contribution in [0.5, 0.6) is 0 Å². The molecule has 3 fully saturated rings. The van der Waals surface area contributed by atoms with Crippen LogP contribution in [0.4, 0.5) is 0 Å².